The molecule has 1 N–H and O–H groups in total. The Labute approximate surface area is 202 Å². The number of carbonyl (C=O) groups excluding carboxylic acids is 1. The number of hydrogen-bond acceptors (Lipinski definition) is 4. The first kappa shape index (κ1) is 26.1. The number of ether oxygens (including phenoxy) is 1. The van der Waals surface area contributed by atoms with Crippen LogP contribution in [0.1, 0.15) is 30.9 Å². The molecule has 0 spiro atoms. The lowest BCUT2D eigenvalue weighted by molar-refractivity contribution is -0.274. The van der Waals surface area contributed by atoms with Crippen molar-refractivity contribution in [3.63, 3.8) is 0 Å². The van der Waals surface area contributed by atoms with Gasteiger partial charge in [-0.1, -0.05) is 43.7 Å². The van der Waals surface area contributed by atoms with Crippen LogP contribution in [-0.2, 0) is 14.8 Å². The number of nitrogens with one attached hydrogen (secondary N) is 1. The van der Waals surface area contributed by atoms with Crippen molar-refractivity contribution < 1.29 is 31.1 Å². The minimum Gasteiger partial charge on any atom is -0.406 e. The highest BCUT2D eigenvalue weighted by Crippen LogP contribution is 2.27. The number of nitrogens with zero attached hydrogens (tertiary/aromatic N) is 1. The van der Waals surface area contributed by atoms with E-state index in [2.05, 4.69) is 10.1 Å². The van der Waals surface area contributed by atoms with Crippen LogP contribution in [-0.4, -0.2) is 27.2 Å². The largest absolute Gasteiger partial charge is 0.573 e. The van der Waals surface area contributed by atoms with Crippen molar-refractivity contribution in [1.82, 2.24) is 0 Å². The van der Waals surface area contributed by atoms with Crippen LogP contribution < -0.4 is 14.4 Å². The maximum atomic E-state index is 13.5. The SMILES string of the molecule is Cc1ccc(S(=O)(=O)N(CC(=O)Nc2ccc(OC(F)(F)F)cc2)c2ccc(C(C)C)cc2)cc1. The second-order valence-electron chi connectivity index (χ2n) is 8.19. The fourth-order valence-electron chi connectivity index (χ4n) is 3.25. The van der Waals surface area contributed by atoms with Crippen LogP contribution in [0, 0.1) is 6.92 Å². The molecule has 6 nitrogen and oxygen atoms in total. The van der Waals surface area contributed by atoms with Gasteiger partial charge in [0.2, 0.25) is 5.91 Å². The van der Waals surface area contributed by atoms with E-state index in [9.17, 15) is 26.4 Å². The molecule has 3 aromatic carbocycles. The minimum absolute atomic E-state index is 0.0255. The molecule has 0 radical (unpaired) electrons. The highest BCUT2D eigenvalue weighted by Gasteiger charge is 2.31. The highest BCUT2D eigenvalue weighted by molar-refractivity contribution is 7.92. The normalized spacial score (nSPS) is 11.9. The summed E-state index contributed by atoms with van der Waals surface area (Å²) in [5, 5.41) is 2.51. The Morgan fingerprint density at radius 2 is 1.51 bits per heavy atom. The number of amides is 1. The van der Waals surface area contributed by atoms with Gasteiger partial charge >= 0.3 is 6.36 Å². The summed E-state index contributed by atoms with van der Waals surface area (Å²) in [5.41, 5.74) is 2.38. The average Bonchev–Trinajstić information content (AvgIpc) is 2.78. The Balaban J connectivity index is 1.86. The number of aryl methyl sites for hydroxylation is 1. The molecular formula is C25H25F3N2O4S. The highest BCUT2D eigenvalue weighted by atomic mass is 32.2. The minimum atomic E-state index is -4.83. The van der Waals surface area contributed by atoms with Crippen molar-refractivity contribution in [1.29, 1.82) is 0 Å². The lowest BCUT2D eigenvalue weighted by Crippen LogP contribution is -2.38. The lowest BCUT2D eigenvalue weighted by atomic mass is 10.0. The van der Waals surface area contributed by atoms with E-state index in [0.717, 1.165) is 27.6 Å². The molecule has 0 saturated carbocycles. The molecule has 0 aliphatic rings. The molecule has 35 heavy (non-hydrogen) atoms. The quantitative estimate of drug-likeness (QED) is 0.416. The number of rotatable bonds is 8. The van der Waals surface area contributed by atoms with Crippen LogP contribution in [0.15, 0.2) is 77.7 Å². The second-order valence-corrected chi connectivity index (χ2v) is 10.1. The van der Waals surface area contributed by atoms with Crippen LogP contribution in [0.2, 0.25) is 0 Å². The number of carbonyl (C=O) groups is 1. The van der Waals surface area contributed by atoms with Crippen LogP contribution in [0.25, 0.3) is 0 Å². The van der Waals surface area contributed by atoms with Crippen LogP contribution in [0.4, 0.5) is 24.5 Å². The van der Waals surface area contributed by atoms with Crippen molar-refractivity contribution in [3.8, 4) is 5.75 Å². The molecular weight excluding hydrogens is 481 g/mol. The van der Waals surface area contributed by atoms with Gasteiger partial charge in [-0.15, -0.1) is 13.2 Å². The number of anilines is 2. The molecule has 0 unspecified atom stereocenters. The Hall–Kier alpha value is -3.53. The van der Waals surface area contributed by atoms with E-state index < -0.39 is 34.6 Å². The van der Waals surface area contributed by atoms with E-state index in [1.807, 2.05) is 20.8 Å². The maximum Gasteiger partial charge on any atom is 0.573 e. The van der Waals surface area contributed by atoms with Crippen molar-refractivity contribution in [2.24, 2.45) is 0 Å². The van der Waals surface area contributed by atoms with Gasteiger partial charge in [0.1, 0.15) is 12.3 Å². The molecule has 0 bridgehead atoms. The van der Waals surface area contributed by atoms with E-state index in [0.29, 0.717) is 5.69 Å². The van der Waals surface area contributed by atoms with Crippen molar-refractivity contribution in [3.05, 3.63) is 83.9 Å². The standard InChI is InChI=1S/C25H25F3N2O4S/c1-17(2)19-6-10-21(11-7-19)30(35(32,33)23-14-4-18(3)5-15-23)16-24(31)29-20-8-12-22(13-9-20)34-25(26,27)28/h4-15,17H,16H2,1-3H3,(H,29,31). The third-order valence-corrected chi connectivity index (χ3v) is 6.90. The van der Waals surface area contributed by atoms with Gasteiger partial charge in [0.05, 0.1) is 10.6 Å². The predicted molar refractivity (Wildman–Crippen MR) is 128 cm³/mol. The van der Waals surface area contributed by atoms with E-state index in [4.69, 9.17) is 0 Å². The van der Waals surface area contributed by atoms with Gasteiger partial charge < -0.3 is 10.1 Å². The predicted octanol–water partition coefficient (Wildman–Crippen LogP) is 5.85. The fourth-order valence-corrected chi connectivity index (χ4v) is 4.67. The second kappa shape index (κ2) is 10.4. The Morgan fingerprint density at radius 3 is 2.03 bits per heavy atom. The van der Waals surface area contributed by atoms with Gasteiger partial charge in [0.25, 0.3) is 10.0 Å². The number of benzene rings is 3. The van der Waals surface area contributed by atoms with E-state index in [1.54, 1.807) is 36.4 Å². The summed E-state index contributed by atoms with van der Waals surface area (Å²) >= 11 is 0. The van der Waals surface area contributed by atoms with Crippen LogP contribution in [0.3, 0.4) is 0 Å². The lowest BCUT2D eigenvalue weighted by Gasteiger charge is -2.24. The molecule has 0 saturated heterocycles. The van der Waals surface area contributed by atoms with E-state index >= 15 is 0 Å². The zero-order valence-electron chi connectivity index (χ0n) is 19.3. The molecule has 186 valence electrons. The first-order valence-corrected chi connectivity index (χ1v) is 12.1. The monoisotopic (exact) mass is 506 g/mol. The summed E-state index contributed by atoms with van der Waals surface area (Å²) in [7, 11) is -4.09. The third kappa shape index (κ3) is 6.98. The number of hydrogen-bond donors (Lipinski definition) is 1. The van der Waals surface area contributed by atoms with Crippen molar-refractivity contribution in [2.45, 2.75) is 37.9 Å². The summed E-state index contributed by atoms with van der Waals surface area (Å²) < 4.78 is 68.7. The van der Waals surface area contributed by atoms with Gasteiger partial charge in [-0.2, -0.15) is 0 Å². The smallest absolute Gasteiger partial charge is 0.406 e. The van der Waals surface area contributed by atoms with Crippen molar-refractivity contribution >= 4 is 27.3 Å². The van der Waals surface area contributed by atoms with Crippen LogP contribution >= 0.6 is 0 Å². The molecule has 10 heteroatoms. The summed E-state index contributed by atoms with van der Waals surface area (Å²) in [6.45, 7) is 5.30. The summed E-state index contributed by atoms with van der Waals surface area (Å²) in [4.78, 5) is 12.8. The third-order valence-electron chi connectivity index (χ3n) is 5.12. The Kier molecular flexibility index (Phi) is 7.74. The van der Waals surface area contributed by atoms with Gasteiger partial charge in [-0.25, -0.2) is 8.42 Å². The average molecular weight is 507 g/mol. The number of alkyl halides is 3. The molecule has 3 rings (SSSR count). The molecule has 1 amide bonds. The molecule has 0 fully saturated rings. The Morgan fingerprint density at radius 1 is 0.943 bits per heavy atom. The zero-order valence-corrected chi connectivity index (χ0v) is 20.2. The van der Waals surface area contributed by atoms with Gasteiger partial charge in [0.15, 0.2) is 0 Å². The molecule has 0 heterocycles. The van der Waals surface area contributed by atoms with Gasteiger partial charge in [-0.3, -0.25) is 9.10 Å². The van der Waals surface area contributed by atoms with Crippen molar-refractivity contribution in [2.75, 3.05) is 16.2 Å². The molecule has 0 aromatic heterocycles. The maximum absolute atomic E-state index is 13.5. The number of halogens is 3. The first-order valence-electron chi connectivity index (χ1n) is 10.7. The number of sulfonamides is 1. The Bertz CT molecular complexity index is 1260. The van der Waals surface area contributed by atoms with E-state index in [1.165, 1.54) is 24.3 Å². The molecule has 0 aliphatic heterocycles. The fraction of sp³-hybridized carbons (Fsp3) is 0.240. The van der Waals surface area contributed by atoms with Crippen LogP contribution in [0.5, 0.6) is 5.75 Å². The topological polar surface area (TPSA) is 75.7 Å². The summed E-state index contributed by atoms with van der Waals surface area (Å²) in [6.07, 6.45) is -4.83. The zero-order chi connectivity index (χ0) is 25.8. The van der Waals surface area contributed by atoms with Gasteiger partial charge in [-0.05, 0) is 66.9 Å². The molecule has 0 atom stereocenters. The summed E-state index contributed by atoms with van der Waals surface area (Å²) in [6, 6.07) is 17.7. The molecule has 3 aromatic rings. The van der Waals surface area contributed by atoms with Gasteiger partial charge in [0, 0.05) is 5.69 Å². The first-order chi connectivity index (χ1) is 16.3. The van der Waals surface area contributed by atoms with E-state index in [-0.39, 0.29) is 16.5 Å². The molecule has 0 aliphatic carbocycles. The summed E-state index contributed by atoms with van der Waals surface area (Å²) in [5.74, 6) is -0.874.